The number of hydrogen-bond donors (Lipinski definition) is 2. The van der Waals surface area contributed by atoms with Crippen molar-refractivity contribution in [1.82, 2.24) is 4.98 Å². The quantitative estimate of drug-likeness (QED) is 0.797. The SMILES string of the molecule is COC(=O)COc1cccc2[nH]c3c(c12)C(CCC(N)=O)CC3. The number of ether oxygens (including phenoxy) is 2. The van der Waals surface area contributed by atoms with Gasteiger partial charge in [-0.05, 0) is 42.9 Å². The Morgan fingerprint density at radius 2 is 2.22 bits per heavy atom. The third kappa shape index (κ3) is 3.02. The highest BCUT2D eigenvalue weighted by molar-refractivity contribution is 5.92. The van der Waals surface area contributed by atoms with Crippen molar-refractivity contribution in [2.75, 3.05) is 13.7 Å². The number of methoxy groups -OCH3 is 1. The van der Waals surface area contributed by atoms with Crippen LogP contribution in [0.3, 0.4) is 0 Å². The summed E-state index contributed by atoms with van der Waals surface area (Å²) in [5.74, 6) is 0.255. The number of H-pyrrole nitrogens is 1. The van der Waals surface area contributed by atoms with Crippen molar-refractivity contribution in [2.45, 2.75) is 31.6 Å². The van der Waals surface area contributed by atoms with E-state index in [9.17, 15) is 9.59 Å². The lowest BCUT2D eigenvalue weighted by Gasteiger charge is -2.12. The highest BCUT2D eigenvalue weighted by Gasteiger charge is 2.28. The molecule has 1 aliphatic rings. The molecule has 0 saturated heterocycles. The lowest BCUT2D eigenvalue weighted by atomic mass is 9.94. The Morgan fingerprint density at radius 3 is 2.96 bits per heavy atom. The summed E-state index contributed by atoms with van der Waals surface area (Å²) in [4.78, 5) is 25.8. The molecule has 0 saturated carbocycles. The molecule has 0 fully saturated rings. The molecule has 1 amide bonds. The molecule has 2 aromatic rings. The molecule has 0 radical (unpaired) electrons. The third-order valence-corrected chi connectivity index (χ3v) is 4.37. The first-order valence-electron chi connectivity index (χ1n) is 7.71. The Morgan fingerprint density at radius 1 is 1.39 bits per heavy atom. The van der Waals surface area contributed by atoms with E-state index in [-0.39, 0.29) is 18.4 Å². The number of rotatable bonds is 6. The van der Waals surface area contributed by atoms with E-state index in [2.05, 4.69) is 9.72 Å². The number of primary amides is 1. The highest BCUT2D eigenvalue weighted by Crippen LogP contribution is 2.44. The number of aromatic nitrogens is 1. The van der Waals surface area contributed by atoms with Crippen LogP contribution in [0.15, 0.2) is 18.2 Å². The van der Waals surface area contributed by atoms with Crippen LogP contribution < -0.4 is 10.5 Å². The number of nitrogens with one attached hydrogen (secondary N) is 1. The van der Waals surface area contributed by atoms with Crippen LogP contribution in [0.5, 0.6) is 5.75 Å². The molecule has 1 unspecified atom stereocenters. The van der Waals surface area contributed by atoms with E-state index >= 15 is 0 Å². The lowest BCUT2D eigenvalue weighted by Crippen LogP contribution is -2.13. The van der Waals surface area contributed by atoms with Crippen molar-refractivity contribution in [1.29, 1.82) is 0 Å². The number of amides is 1. The second-order valence-corrected chi connectivity index (χ2v) is 5.80. The van der Waals surface area contributed by atoms with Gasteiger partial charge in [-0.3, -0.25) is 4.79 Å². The molecule has 1 aromatic carbocycles. The van der Waals surface area contributed by atoms with Crippen molar-refractivity contribution in [3.8, 4) is 5.75 Å². The molecule has 1 atom stereocenters. The topological polar surface area (TPSA) is 94.4 Å². The van der Waals surface area contributed by atoms with Gasteiger partial charge in [0.2, 0.25) is 5.91 Å². The van der Waals surface area contributed by atoms with Crippen LogP contribution in [0.2, 0.25) is 0 Å². The van der Waals surface area contributed by atoms with Crippen LogP contribution in [0, 0.1) is 0 Å². The van der Waals surface area contributed by atoms with E-state index in [1.807, 2.05) is 18.2 Å². The summed E-state index contributed by atoms with van der Waals surface area (Å²) >= 11 is 0. The molecular formula is C17H20N2O4. The van der Waals surface area contributed by atoms with E-state index in [0.717, 1.165) is 30.2 Å². The Labute approximate surface area is 133 Å². The Hall–Kier alpha value is -2.50. The van der Waals surface area contributed by atoms with E-state index in [0.29, 0.717) is 12.2 Å². The summed E-state index contributed by atoms with van der Waals surface area (Å²) < 4.78 is 10.3. The normalized spacial score (nSPS) is 16.3. The highest BCUT2D eigenvalue weighted by atomic mass is 16.6. The number of esters is 1. The van der Waals surface area contributed by atoms with Crippen LogP contribution in [0.25, 0.3) is 10.9 Å². The van der Waals surface area contributed by atoms with Crippen LogP contribution in [0.1, 0.15) is 36.4 Å². The molecule has 1 heterocycles. The van der Waals surface area contributed by atoms with Crippen molar-refractivity contribution in [3.63, 3.8) is 0 Å². The number of fused-ring (bicyclic) bond motifs is 3. The van der Waals surface area contributed by atoms with Crippen molar-refractivity contribution < 1.29 is 19.1 Å². The first kappa shape index (κ1) is 15.4. The standard InChI is InChI=1S/C17H20N2O4/c1-22-15(21)9-23-13-4-2-3-11-17(13)16-10(6-8-14(18)20)5-7-12(16)19-11/h2-4,10,19H,5-9H2,1H3,(H2,18,20). The fourth-order valence-electron chi connectivity index (χ4n) is 3.33. The molecule has 3 rings (SSSR count). The van der Waals surface area contributed by atoms with Gasteiger partial charge in [0.1, 0.15) is 5.75 Å². The summed E-state index contributed by atoms with van der Waals surface area (Å²) in [5, 5.41) is 0.998. The van der Waals surface area contributed by atoms with Gasteiger partial charge in [0.25, 0.3) is 0 Å². The average Bonchev–Trinajstić information content (AvgIpc) is 3.09. The monoisotopic (exact) mass is 316 g/mol. The Kier molecular flexibility index (Phi) is 4.23. The van der Waals surface area contributed by atoms with Gasteiger partial charge in [0.15, 0.2) is 6.61 Å². The maximum atomic E-state index is 11.3. The predicted molar refractivity (Wildman–Crippen MR) is 85.3 cm³/mol. The van der Waals surface area contributed by atoms with Crippen LogP contribution in [-0.2, 0) is 20.7 Å². The summed E-state index contributed by atoms with van der Waals surface area (Å²) in [7, 11) is 1.33. The fraction of sp³-hybridized carbons (Fsp3) is 0.412. The minimum atomic E-state index is -0.417. The molecule has 0 bridgehead atoms. The molecule has 6 nitrogen and oxygen atoms in total. The van der Waals surface area contributed by atoms with Gasteiger partial charge in [-0.15, -0.1) is 0 Å². The Balaban J connectivity index is 1.93. The van der Waals surface area contributed by atoms with E-state index < -0.39 is 5.97 Å². The lowest BCUT2D eigenvalue weighted by molar-refractivity contribution is -0.142. The minimum Gasteiger partial charge on any atom is -0.481 e. The van der Waals surface area contributed by atoms with Crippen LogP contribution in [-0.4, -0.2) is 30.6 Å². The summed E-state index contributed by atoms with van der Waals surface area (Å²) in [5.41, 5.74) is 8.65. The van der Waals surface area contributed by atoms with Crippen LogP contribution >= 0.6 is 0 Å². The largest absolute Gasteiger partial charge is 0.481 e. The minimum absolute atomic E-state index is 0.123. The number of nitrogens with two attached hydrogens (primary N) is 1. The molecule has 0 spiro atoms. The van der Waals surface area contributed by atoms with Gasteiger partial charge in [0, 0.05) is 23.0 Å². The number of aryl methyl sites for hydroxylation is 1. The van der Waals surface area contributed by atoms with Gasteiger partial charge >= 0.3 is 5.97 Å². The van der Waals surface area contributed by atoms with Gasteiger partial charge < -0.3 is 20.2 Å². The molecular weight excluding hydrogens is 296 g/mol. The molecule has 6 heteroatoms. The molecule has 3 N–H and O–H groups in total. The molecule has 23 heavy (non-hydrogen) atoms. The average molecular weight is 316 g/mol. The molecule has 122 valence electrons. The van der Waals surface area contributed by atoms with Gasteiger partial charge in [-0.1, -0.05) is 6.07 Å². The van der Waals surface area contributed by atoms with Crippen LogP contribution in [0.4, 0.5) is 0 Å². The van der Waals surface area contributed by atoms with E-state index in [1.54, 1.807) is 0 Å². The second-order valence-electron chi connectivity index (χ2n) is 5.80. The first-order valence-corrected chi connectivity index (χ1v) is 7.71. The first-order chi connectivity index (χ1) is 11.1. The number of benzene rings is 1. The Bertz CT molecular complexity index is 750. The smallest absolute Gasteiger partial charge is 0.343 e. The van der Waals surface area contributed by atoms with Crippen molar-refractivity contribution >= 4 is 22.8 Å². The zero-order valence-electron chi connectivity index (χ0n) is 13.1. The zero-order chi connectivity index (χ0) is 16.4. The van der Waals surface area contributed by atoms with Gasteiger partial charge in [0.05, 0.1) is 7.11 Å². The number of carbonyl (C=O) groups excluding carboxylic acids is 2. The van der Waals surface area contributed by atoms with E-state index in [1.165, 1.54) is 18.4 Å². The van der Waals surface area contributed by atoms with Gasteiger partial charge in [-0.25, -0.2) is 4.79 Å². The number of aromatic amines is 1. The maximum absolute atomic E-state index is 11.3. The van der Waals surface area contributed by atoms with E-state index in [4.69, 9.17) is 10.5 Å². The summed E-state index contributed by atoms with van der Waals surface area (Å²) in [6.45, 7) is -0.123. The van der Waals surface area contributed by atoms with Crippen molar-refractivity contribution in [2.24, 2.45) is 5.73 Å². The summed E-state index contributed by atoms with van der Waals surface area (Å²) in [6.07, 6.45) is 3.06. The van der Waals surface area contributed by atoms with Crippen molar-refractivity contribution in [3.05, 3.63) is 29.5 Å². The zero-order valence-corrected chi connectivity index (χ0v) is 13.1. The molecule has 1 aliphatic carbocycles. The fourth-order valence-corrected chi connectivity index (χ4v) is 3.33. The second kappa shape index (κ2) is 6.32. The summed E-state index contributed by atoms with van der Waals surface area (Å²) in [6, 6.07) is 5.73. The predicted octanol–water partition coefficient (Wildman–Crippen LogP) is 2.01. The molecule has 0 aliphatic heterocycles. The maximum Gasteiger partial charge on any atom is 0.343 e. The van der Waals surface area contributed by atoms with Gasteiger partial charge in [-0.2, -0.15) is 0 Å². The molecule has 1 aromatic heterocycles. The number of carbonyl (C=O) groups is 2. The third-order valence-electron chi connectivity index (χ3n) is 4.37. The number of hydrogen-bond acceptors (Lipinski definition) is 4.